The monoisotopic (exact) mass is 416 g/mol. The van der Waals surface area contributed by atoms with Gasteiger partial charge in [-0.05, 0) is 104 Å². The molecule has 3 aromatic rings. The maximum atomic E-state index is 13.0. The quantitative estimate of drug-likeness (QED) is 0.550. The van der Waals surface area contributed by atoms with Gasteiger partial charge in [-0.3, -0.25) is 4.79 Å². The zero-order valence-electron chi connectivity index (χ0n) is 17.9. The lowest BCUT2D eigenvalue weighted by molar-refractivity contribution is -0.124. The Hall–Kier alpha value is -2.82. The molecule has 5 heteroatoms. The maximum Gasteiger partial charge on any atom is 0.227 e. The Labute approximate surface area is 182 Å². The zero-order valence-corrected chi connectivity index (χ0v) is 17.9. The molecule has 7 rings (SSSR count). The van der Waals surface area contributed by atoms with Crippen LogP contribution in [0.15, 0.2) is 46.9 Å². The van der Waals surface area contributed by atoms with E-state index in [0.717, 1.165) is 40.3 Å². The van der Waals surface area contributed by atoms with Crippen LogP contribution in [0.25, 0.3) is 22.6 Å². The highest BCUT2D eigenvalue weighted by Gasteiger charge is 2.51. The largest absolute Gasteiger partial charge is 0.497 e. The van der Waals surface area contributed by atoms with Crippen molar-refractivity contribution in [2.75, 3.05) is 12.4 Å². The first-order valence-electron chi connectivity index (χ1n) is 11.4. The third kappa shape index (κ3) is 3.50. The van der Waals surface area contributed by atoms with E-state index in [2.05, 4.69) is 10.3 Å². The molecule has 0 spiro atoms. The normalized spacial score (nSPS) is 28.7. The van der Waals surface area contributed by atoms with E-state index in [-0.39, 0.29) is 11.3 Å². The van der Waals surface area contributed by atoms with Crippen molar-refractivity contribution in [2.24, 2.45) is 23.2 Å². The molecule has 4 aliphatic carbocycles. The van der Waals surface area contributed by atoms with E-state index in [1.54, 1.807) is 7.11 Å². The molecule has 0 saturated heterocycles. The number of hydrogen-bond acceptors (Lipinski definition) is 4. The molecule has 4 aliphatic rings. The van der Waals surface area contributed by atoms with Crippen LogP contribution in [0.1, 0.15) is 44.9 Å². The highest BCUT2D eigenvalue weighted by molar-refractivity contribution is 5.93. The summed E-state index contributed by atoms with van der Waals surface area (Å²) >= 11 is 0. The van der Waals surface area contributed by atoms with E-state index in [0.29, 0.717) is 17.9 Å². The summed E-state index contributed by atoms with van der Waals surface area (Å²) in [6.07, 6.45) is 8.62. The Morgan fingerprint density at radius 1 is 1.06 bits per heavy atom. The van der Waals surface area contributed by atoms with Gasteiger partial charge < -0.3 is 14.5 Å². The first-order valence-corrected chi connectivity index (χ1v) is 11.4. The van der Waals surface area contributed by atoms with Crippen LogP contribution in [0.3, 0.4) is 0 Å². The van der Waals surface area contributed by atoms with Gasteiger partial charge in [-0.25, -0.2) is 4.98 Å². The third-order valence-electron chi connectivity index (χ3n) is 7.71. The van der Waals surface area contributed by atoms with Crippen LogP contribution in [0.2, 0.25) is 0 Å². The number of fused-ring (bicyclic) bond motifs is 1. The minimum absolute atomic E-state index is 0.139. The lowest BCUT2D eigenvalue weighted by Crippen LogP contribution is -2.47. The average Bonchev–Trinajstić information content (AvgIpc) is 3.15. The van der Waals surface area contributed by atoms with Crippen molar-refractivity contribution >= 4 is 22.7 Å². The predicted molar refractivity (Wildman–Crippen MR) is 120 cm³/mol. The number of hydrogen-bond donors (Lipinski definition) is 1. The van der Waals surface area contributed by atoms with E-state index in [1.807, 2.05) is 42.5 Å². The first kappa shape index (κ1) is 18.9. The summed E-state index contributed by atoms with van der Waals surface area (Å²) in [5, 5.41) is 3.14. The molecule has 0 unspecified atom stereocenters. The maximum absolute atomic E-state index is 13.0. The third-order valence-corrected chi connectivity index (χ3v) is 7.71. The molecule has 0 radical (unpaired) electrons. The van der Waals surface area contributed by atoms with Gasteiger partial charge in [-0.15, -0.1) is 0 Å². The van der Waals surface area contributed by atoms with Crippen molar-refractivity contribution in [3.05, 3.63) is 42.5 Å². The van der Waals surface area contributed by atoms with Crippen LogP contribution in [0.4, 0.5) is 5.69 Å². The van der Waals surface area contributed by atoms with Crippen molar-refractivity contribution in [3.8, 4) is 17.2 Å². The number of nitrogens with zero attached hydrogens (tertiary/aromatic N) is 1. The number of carbonyl (C=O) groups excluding carboxylic acids is 1. The van der Waals surface area contributed by atoms with Crippen LogP contribution in [0.5, 0.6) is 5.75 Å². The number of aromatic nitrogens is 1. The molecule has 0 atom stereocenters. The molecule has 160 valence electrons. The van der Waals surface area contributed by atoms with E-state index in [9.17, 15) is 4.79 Å². The van der Waals surface area contributed by atoms with Gasteiger partial charge in [0.15, 0.2) is 5.58 Å². The predicted octanol–water partition coefficient (Wildman–Crippen LogP) is 6.05. The Morgan fingerprint density at radius 3 is 2.39 bits per heavy atom. The summed E-state index contributed by atoms with van der Waals surface area (Å²) in [7, 11) is 1.65. The topological polar surface area (TPSA) is 64.4 Å². The average molecular weight is 417 g/mol. The Balaban J connectivity index is 1.18. The van der Waals surface area contributed by atoms with Gasteiger partial charge in [-0.2, -0.15) is 0 Å². The number of nitrogens with one attached hydrogen (secondary N) is 1. The van der Waals surface area contributed by atoms with Crippen LogP contribution >= 0.6 is 0 Å². The Morgan fingerprint density at radius 2 is 1.74 bits per heavy atom. The van der Waals surface area contributed by atoms with Crippen LogP contribution < -0.4 is 10.1 Å². The number of oxazole rings is 1. The van der Waals surface area contributed by atoms with Gasteiger partial charge in [0, 0.05) is 17.7 Å². The first-order chi connectivity index (χ1) is 15.1. The zero-order chi connectivity index (χ0) is 21.0. The summed E-state index contributed by atoms with van der Waals surface area (Å²) < 4.78 is 11.1. The van der Waals surface area contributed by atoms with Gasteiger partial charge >= 0.3 is 0 Å². The number of rotatable bonds is 5. The Kier molecular flexibility index (Phi) is 4.34. The highest BCUT2D eigenvalue weighted by atomic mass is 16.5. The van der Waals surface area contributed by atoms with Crippen molar-refractivity contribution in [3.63, 3.8) is 0 Å². The SMILES string of the molecule is COc1ccc(-c2nc3cc(NC(=O)CC45CC6CC(CC(C6)C4)C5)ccc3o2)cc1. The molecule has 5 nitrogen and oxygen atoms in total. The van der Waals surface area contributed by atoms with Crippen molar-refractivity contribution in [1.29, 1.82) is 0 Å². The fourth-order valence-electron chi connectivity index (χ4n) is 6.91. The van der Waals surface area contributed by atoms with Gasteiger partial charge in [0.2, 0.25) is 11.8 Å². The molecule has 1 amide bonds. The molecular formula is C26H28N2O3. The number of methoxy groups -OCH3 is 1. The smallest absolute Gasteiger partial charge is 0.227 e. The number of anilines is 1. The molecule has 4 saturated carbocycles. The van der Waals surface area contributed by atoms with Gasteiger partial charge in [-0.1, -0.05) is 0 Å². The Bertz CT molecular complexity index is 1100. The van der Waals surface area contributed by atoms with E-state index in [4.69, 9.17) is 9.15 Å². The van der Waals surface area contributed by atoms with Crippen molar-refractivity contribution in [1.82, 2.24) is 4.98 Å². The van der Waals surface area contributed by atoms with Gasteiger partial charge in [0.1, 0.15) is 11.3 Å². The molecule has 31 heavy (non-hydrogen) atoms. The van der Waals surface area contributed by atoms with E-state index >= 15 is 0 Å². The highest BCUT2D eigenvalue weighted by Crippen LogP contribution is 2.61. The van der Waals surface area contributed by atoms with Crippen LogP contribution in [-0.4, -0.2) is 18.0 Å². The summed E-state index contributed by atoms with van der Waals surface area (Å²) in [6, 6.07) is 13.3. The molecule has 4 bridgehead atoms. The second kappa shape index (κ2) is 7.11. The molecular weight excluding hydrogens is 388 g/mol. The fourth-order valence-corrected chi connectivity index (χ4v) is 6.91. The van der Waals surface area contributed by atoms with Crippen molar-refractivity contribution in [2.45, 2.75) is 44.9 Å². The standard InChI is InChI=1S/C26H28N2O3/c1-30-21-5-2-19(3-6-21)25-28-22-11-20(4-7-23(22)31-25)27-24(29)15-26-12-16-8-17(13-26)10-18(9-16)14-26/h2-7,11,16-18H,8-10,12-15H2,1H3,(H,27,29). The van der Waals surface area contributed by atoms with Crippen molar-refractivity contribution < 1.29 is 13.9 Å². The fraction of sp³-hybridized carbons (Fsp3) is 0.462. The number of amides is 1. The second-order valence-corrected chi connectivity index (χ2v) is 10.1. The van der Waals surface area contributed by atoms with Gasteiger partial charge in [0.25, 0.3) is 0 Å². The van der Waals surface area contributed by atoms with E-state index < -0.39 is 0 Å². The minimum atomic E-state index is 0.139. The number of carbonyl (C=O) groups is 1. The summed E-state index contributed by atoms with van der Waals surface area (Å²) in [6.45, 7) is 0. The summed E-state index contributed by atoms with van der Waals surface area (Å²) in [4.78, 5) is 17.6. The molecule has 1 aromatic heterocycles. The summed E-state index contributed by atoms with van der Waals surface area (Å²) in [5.74, 6) is 4.09. The summed E-state index contributed by atoms with van der Waals surface area (Å²) in [5.41, 5.74) is 3.39. The molecule has 4 fully saturated rings. The molecule has 0 aliphatic heterocycles. The van der Waals surface area contributed by atoms with Crippen LogP contribution in [0, 0.1) is 23.2 Å². The van der Waals surface area contributed by atoms with E-state index in [1.165, 1.54) is 38.5 Å². The lowest BCUT2D eigenvalue weighted by atomic mass is 9.49. The second-order valence-electron chi connectivity index (χ2n) is 10.1. The molecule has 2 aromatic carbocycles. The number of benzene rings is 2. The van der Waals surface area contributed by atoms with Crippen LogP contribution in [-0.2, 0) is 4.79 Å². The molecule has 1 heterocycles. The van der Waals surface area contributed by atoms with Gasteiger partial charge in [0.05, 0.1) is 7.11 Å². The minimum Gasteiger partial charge on any atom is -0.497 e. The molecule has 1 N–H and O–H groups in total. The number of ether oxygens (including phenoxy) is 1. The lowest BCUT2D eigenvalue weighted by Gasteiger charge is -2.56.